The third-order valence-corrected chi connectivity index (χ3v) is 1.75. The minimum atomic E-state index is -0.589. The van der Waals surface area contributed by atoms with Crippen LogP contribution in [0.5, 0.6) is 5.75 Å². The van der Waals surface area contributed by atoms with Gasteiger partial charge in [0.15, 0.2) is 11.6 Å². The summed E-state index contributed by atoms with van der Waals surface area (Å²) in [5.74, 6) is -0.833. The summed E-state index contributed by atoms with van der Waals surface area (Å²) in [6.45, 7) is 0.872. The fourth-order valence-electron chi connectivity index (χ4n) is 0.955. The maximum atomic E-state index is 13.0. The molecule has 0 aromatic heterocycles. The Kier molecular flexibility index (Phi) is 5.36. The van der Waals surface area contributed by atoms with Crippen molar-refractivity contribution in [2.24, 2.45) is 0 Å². The Bertz CT molecular complexity index is 307. The minimum absolute atomic E-state index is 0.107. The van der Waals surface area contributed by atoms with Gasteiger partial charge in [-0.3, -0.25) is 0 Å². The third-order valence-electron chi connectivity index (χ3n) is 1.60. The van der Waals surface area contributed by atoms with Gasteiger partial charge in [0.1, 0.15) is 12.4 Å². The van der Waals surface area contributed by atoms with Gasteiger partial charge in [-0.05, 0) is 12.1 Å². The Morgan fingerprint density at radius 2 is 1.93 bits per heavy atom. The average molecular weight is 237 g/mol. The second-order valence-electron chi connectivity index (χ2n) is 2.72. The lowest BCUT2D eigenvalue weighted by atomic mass is 10.3. The van der Waals surface area contributed by atoms with E-state index in [0.717, 1.165) is 18.2 Å². The van der Waals surface area contributed by atoms with Crippen LogP contribution in [0.4, 0.5) is 8.78 Å². The summed E-state index contributed by atoms with van der Waals surface area (Å²) in [6.07, 6.45) is 0. The van der Waals surface area contributed by atoms with Crippen LogP contribution >= 0.6 is 11.6 Å². The molecule has 0 heterocycles. The first-order chi connectivity index (χ1) is 7.24. The number of alkyl halides is 1. The van der Waals surface area contributed by atoms with E-state index in [1.54, 1.807) is 0 Å². The monoisotopic (exact) mass is 236 g/mol. The van der Waals surface area contributed by atoms with Gasteiger partial charge in [0.2, 0.25) is 0 Å². The molecule has 1 rings (SSSR count). The van der Waals surface area contributed by atoms with Crippen molar-refractivity contribution < 1.29 is 18.3 Å². The Hall–Kier alpha value is -0.870. The van der Waals surface area contributed by atoms with Crippen molar-refractivity contribution in [2.75, 3.05) is 25.7 Å². The van der Waals surface area contributed by atoms with Crippen molar-refractivity contribution >= 4 is 11.6 Å². The largest absolute Gasteiger partial charge is 0.488 e. The van der Waals surface area contributed by atoms with E-state index in [9.17, 15) is 8.78 Å². The maximum absolute atomic E-state index is 13.0. The van der Waals surface area contributed by atoms with Gasteiger partial charge in [0.05, 0.1) is 13.2 Å². The normalized spacial score (nSPS) is 10.3. The molecule has 1 aromatic carbocycles. The summed E-state index contributed by atoms with van der Waals surface area (Å²) < 4.78 is 35.7. The predicted molar refractivity (Wildman–Crippen MR) is 53.4 cm³/mol. The second-order valence-corrected chi connectivity index (χ2v) is 3.10. The standard InChI is InChI=1S/C10H11ClF2O2/c11-3-4-14-5-6-15-10-7-8(12)1-2-9(10)13/h1-2,7H,3-6H2. The molecule has 0 saturated carbocycles. The third kappa shape index (κ3) is 4.44. The van der Waals surface area contributed by atoms with Crippen LogP contribution in [0.1, 0.15) is 0 Å². The van der Waals surface area contributed by atoms with Crippen molar-refractivity contribution in [1.82, 2.24) is 0 Å². The van der Waals surface area contributed by atoms with Crippen molar-refractivity contribution in [2.45, 2.75) is 0 Å². The van der Waals surface area contributed by atoms with E-state index in [4.69, 9.17) is 21.1 Å². The first-order valence-corrected chi connectivity index (χ1v) is 4.99. The van der Waals surface area contributed by atoms with E-state index < -0.39 is 11.6 Å². The Balaban J connectivity index is 2.33. The second kappa shape index (κ2) is 6.58. The maximum Gasteiger partial charge on any atom is 0.165 e. The highest BCUT2D eigenvalue weighted by molar-refractivity contribution is 6.17. The van der Waals surface area contributed by atoms with Crippen LogP contribution in [0.2, 0.25) is 0 Å². The molecule has 0 unspecified atom stereocenters. The molecule has 0 radical (unpaired) electrons. The topological polar surface area (TPSA) is 18.5 Å². The van der Waals surface area contributed by atoms with Gasteiger partial charge < -0.3 is 9.47 Å². The molecule has 15 heavy (non-hydrogen) atoms. The number of hydrogen-bond donors (Lipinski definition) is 0. The highest BCUT2D eigenvalue weighted by Crippen LogP contribution is 2.17. The van der Waals surface area contributed by atoms with E-state index >= 15 is 0 Å². The highest BCUT2D eigenvalue weighted by atomic mass is 35.5. The van der Waals surface area contributed by atoms with Crippen LogP contribution in [0, 0.1) is 11.6 Å². The summed E-state index contributed by atoms with van der Waals surface area (Å²) >= 11 is 5.37. The van der Waals surface area contributed by atoms with Crippen LogP contribution in [0.3, 0.4) is 0 Å². The fourth-order valence-corrected chi connectivity index (χ4v) is 1.06. The van der Waals surface area contributed by atoms with Gasteiger partial charge in [0.25, 0.3) is 0 Å². The minimum Gasteiger partial charge on any atom is -0.488 e. The Morgan fingerprint density at radius 3 is 2.67 bits per heavy atom. The lowest BCUT2D eigenvalue weighted by molar-refractivity contribution is 0.109. The molecule has 1 aromatic rings. The highest BCUT2D eigenvalue weighted by Gasteiger charge is 2.04. The summed E-state index contributed by atoms with van der Waals surface area (Å²) in [6, 6.07) is 3.05. The molecule has 0 N–H and O–H groups in total. The van der Waals surface area contributed by atoms with Gasteiger partial charge >= 0.3 is 0 Å². The van der Waals surface area contributed by atoms with Crippen LogP contribution < -0.4 is 4.74 Å². The lowest BCUT2D eigenvalue weighted by Crippen LogP contribution is -2.08. The molecule has 0 atom stereocenters. The van der Waals surface area contributed by atoms with E-state index in [1.807, 2.05) is 0 Å². The summed E-state index contributed by atoms with van der Waals surface area (Å²) in [4.78, 5) is 0. The fraction of sp³-hybridized carbons (Fsp3) is 0.400. The zero-order chi connectivity index (χ0) is 11.1. The molecule has 0 aliphatic carbocycles. The van der Waals surface area contributed by atoms with E-state index in [1.165, 1.54) is 0 Å². The smallest absolute Gasteiger partial charge is 0.165 e. The average Bonchev–Trinajstić information content (AvgIpc) is 2.23. The molecule has 0 aliphatic rings. The number of halogens is 3. The van der Waals surface area contributed by atoms with Gasteiger partial charge in [0, 0.05) is 11.9 Å². The van der Waals surface area contributed by atoms with E-state index in [2.05, 4.69) is 0 Å². The number of ether oxygens (including phenoxy) is 2. The molecule has 84 valence electrons. The molecular formula is C10H11ClF2O2. The molecule has 0 fully saturated rings. The van der Waals surface area contributed by atoms with Crippen LogP contribution in [-0.2, 0) is 4.74 Å². The van der Waals surface area contributed by atoms with Gasteiger partial charge in [-0.2, -0.15) is 0 Å². The molecule has 0 bridgehead atoms. The predicted octanol–water partition coefficient (Wildman–Crippen LogP) is 2.60. The van der Waals surface area contributed by atoms with Crippen molar-refractivity contribution in [3.8, 4) is 5.75 Å². The summed E-state index contributed by atoms with van der Waals surface area (Å²) in [7, 11) is 0. The lowest BCUT2D eigenvalue weighted by Gasteiger charge is -2.07. The van der Waals surface area contributed by atoms with Crippen LogP contribution in [-0.4, -0.2) is 25.7 Å². The van der Waals surface area contributed by atoms with Gasteiger partial charge in [-0.15, -0.1) is 11.6 Å². The summed E-state index contributed by atoms with van der Waals surface area (Å²) in [5.41, 5.74) is 0. The SMILES string of the molecule is Fc1ccc(F)c(OCCOCCCl)c1. The molecular weight excluding hydrogens is 226 g/mol. The molecule has 0 aliphatic heterocycles. The van der Waals surface area contributed by atoms with E-state index in [-0.39, 0.29) is 12.4 Å². The summed E-state index contributed by atoms with van der Waals surface area (Å²) in [5, 5.41) is 0. The van der Waals surface area contributed by atoms with Crippen LogP contribution in [0.15, 0.2) is 18.2 Å². The van der Waals surface area contributed by atoms with Crippen molar-refractivity contribution in [3.63, 3.8) is 0 Å². The molecule has 0 saturated heterocycles. The number of benzene rings is 1. The van der Waals surface area contributed by atoms with Gasteiger partial charge in [-0.1, -0.05) is 0 Å². The molecule has 2 nitrogen and oxygen atoms in total. The number of hydrogen-bond acceptors (Lipinski definition) is 2. The molecule has 5 heteroatoms. The van der Waals surface area contributed by atoms with Gasteiger partial charge in [-0.25, -0.2) is 8.78 Å². The first-order valence-electron chi connectivity index (χ1n) is 4.45. The molecule has 0 spiro atoms. The Labute approximate surface area is 91.8 Å². The zero-order valence-corrected chi connectivity index (χ0v) is 8.77. The van der Waals surface area contributed by atoms with E-state index in [0.29, 0.717) is 19.1 Å². The quantitative estimate of drug-likeness (QED) is 0.558. The number of rotatable bonds is 6. The Morgan fingerprint density at radius 1 is 1.13 bits per heavy atom. The van der Waals surface area contributed by atoms with Crippen molar-refractivity contribution in [1.29, 1.82) is 0 Å². The molecule has 0 amide bonds. The van der Waals surface area contributed by atoms with Crippen LogP contribution in [0.25, 0.3) is 0 Å². The van der Waals surface area contributed by atoms with Crippen molar-refractivity contribution in [3.05, 3.63) is 29.8 Å². The zero-order valence-electron chi connectivity index (χ0n) is 8.01. The first kappa shape index (κ1) is 12.2.